The molecule has 0 bridgehead atoms. The third-order valence-electron chi connectivity index (χ3n) is 16.6. The van der Waals surface area contributed by atoms with Crippen LogP contribution in [0.1, 0.15) is 82.4 Å². The lowest BCUT2D eigenvalue weighted by Crippen LogP contribution is -2.61. The second kappa shape index (κ2) is 21.9. The first-order valence-electron chi connectivity index (χ1n) is 54.6. The average molecular weight is 1280 g/mol. The summed E-state index contributed by atoms with van der Waals surface area (Å²) in [5, 5.41) is -1.60. The minimum absolute atomic E-state index is 0.333. The predicted molar refractivity (Wildman–Crippen MR) is 406 cm³/mol. The third kappa shape index (κ3) is 8.45. The van der Waals surface area contributed by atoms with Gasteiger partial charge in [-0.2, -0.15) is 0 Å². The fourth-order valence-electron chi connectivity index (χ4n) is 13.0. The van der Waals surface area contributed by atoms with E-state index < -0.39 is 494 Å². The van der Waals surface area contributed by atoms with Crippen LogP contribution in [0.15, 0.2) is 326 Å². The Morgan fingerprint density at radius 2 is 0.579 bits per heavy atom. The fraction of sp³-hybridized carbons (Fsp3) is 0.0233. The lowest BCUT2D eigenvalue weighted by Gasteiger charge is -2.46. The zero-order valence-corrected chi connectivity index (χ0v) is 49.2. The topological polar surface area (TPSA) is 19.4 Å². The Kier molecular flexibility index (Phi) is 5.54. The molecular weight excluding hydrogens is 1170 g/mol. The van der Waals surface area contributed by atoms with E-state index in [-0.39, 0.29) is 0 Å². The minimum atomic E-state index is -2.30. The van der Waals surface area contributed by atoms with Crippen LogP contribution >= 0.6 is 11.3 Å². The largest absolute Gasteiger partial charge is 0.311 e. The van der Waals surface area contributed by atoms with Crippen LogP contribution in [0, 0.1) is 13.8 Å². The molecule has 0 spiro atoms. The second-order valence-corrected chi connectivity index (χ2v) is 22.4. The molecular formula is C86H60B2N6S. The van der Waals surface area contributed by atoms with E-state index in [1.165, 1.54) is 0 Å². The van der Waals surface area contributed by atoms with Crippen LogP contribution in [0.4, 0.5) is 102 Å². The van der Waals surface area contributed by atoms with Gasteiger partial charge >= 0.3 is 0 Å². The molecule has 6 nitrogen and oxygen atoms in total. The number of hydrogen-bond donors (Lipinski definition) is 0. The zero-order chi connectivity index (χ0) is 108. The van der Waals surface area contributed by atoms with Crippen molar-refractivity contribution in [1.29, 1.82) is 0 Å². The van der Waals surface area contributed by atoms with Gasteiger partial charge in [-0.05, 0) is 203 Å². The van der Waals surface area contributed by atoms with Gasteiger partial charge in [0.25, 0.3) is 13.4 Å². The predicted octanol–water partition coefficient (Wildman–Crippen LogP) is 19.8. The Balaban J connectivity index is 1.08. The molecule has 0 saturated carbocycles. The standard InChI is InChI=1S/C86H60B2N6S/c1-57-75(89(59-31-11-3-12-32-59)60-33-13-4-14-34-60)55-79-83-85(57)93(65-43-23-9-24-44-65)77-51-67-68-52-78-72(54-82(68)95-81(67)53-71(77)87(83)69-47-27-29-49-73(69)91(79)63-39-19-7-20-40-63)88-70-48-28-30-50-74(70)92(64-41-21-8-22-42-64)80-56-76(58(2)86(84(80)88)94(78)66-45-25-10-26-46-66)90(61-35-15-5-16-36-61)62-37-17-6-18-38-62/h3-56H,1-2H3/i3D,4D,5D,6D,7D,8D,9D,10D,11D,12D,13D,14D,15D,16D,17D,18D,19D,20D,21D,22D,23D,24D,25D,26D,27D,28D,29D,30D,31D,32D,33D,34D,35D,36D,37D,38D,39D,40D,41D,42D,43D,44D,45D,46D,47D,48D,49D,50D,51D,52D,53D,54D. The molecule has 15 aromatic rings. The number of para-hydroxylation sites is 10. The highest BCUT2D eigenvalue weighted by molar-refractivity contribution is 7.26. The van der Waals surface area contributed by atoms with Crippen LogP contribution in [-0.2, 0) is 0 Å². The summed E-state index contributed by atoms with van der Waals surface area (Å²) in [5.41, 5.74) is -22.9. The molecule has 9 heteroatoms. The molecule has 14 aromatic carbocycles. The number of rotatable bonds is 10. The summed E-state index contributed by atoms with van der Waals surface area (Å²) in [6.07, 6.45) is 0. The van der Waals surface area contributed by atoms with Gasteiger partial charge in [0.05, 0.1) is 82.7 Å². The molecule has 0 saturated heterocycles. The SMILES string of the molecule is [2H]c1c([2H])c([2H])c(N(c2cc3c4c(c2C)N(c2c([2H])c([2H])c([2H])c([2H])c2[2H])c2c(c([2H])c5sc6c([2H])c7c(c([2H])c6c5c2[2H])N(c2c([2H])c([2H])c([2H])c([2H])c2[2H])c2c(C)c(N(c5c([2H])c([2H])c([2H])c([2H])c5[2H])c5c([2H])c([2H])c([2H])c([2H])c5[2H])cc5c2B7c2c([2H])c([2H])c([2H])c([2H])c2N5c2c([2H])c([2H])c([2H])c([2H])c2[2H])B4c2c([2H])c([2H])c([2H])c([2H])c2N3c2c([2H])c([2H])c([2H])c([2H])c2[2H])c2c([2H])c([2H])c([2H])c([2H])c2[2H])c([2H])c1[2H]. The Bertz CT molecular complexity index is 7950. The van der Waals surface area contributed by atoms with Crippen molar-refractivity contribution < 1.29 is 71.3 Å². The minimum Gasteiger partial charge on any atom is -0.311 e. The van der Waals surface area contributed by atoms with Gasteiger partial charge in [0.15, 0.2) is 0 Å². The molecule has 0 fully saturated rings. The van der Waals surface area contributed by atoms with Gasteiger partial charge in [-0.1, -0.05) is 181 Å². The van der Waals surface area contributed by atoms with E-state index in [0.717, 1.165) is 26.0 Å². The average Bonchev–Trinajstić information content (AvgIpc) is 1.47. The maximum atomic E-state index is 11.6. The van der Waals surface area contributed by atoms with Gasteiger partial charge in [-0.15, -0.1) is 11.3 Å². The highest BCUT2D eigenvalue weighted by Gasteiger charge is 2.48. The molecule has 4 aliphatic rings. The number of fused-ring (bicyclic) bond motifs is 11. The molecule has 1 aromatic heterocycles. The van der Waals surface area contributed by atoms with Crippen LogP contribution in [0.25, 0.3) is 20.2 Å². The number of benzene rings is 14. The van der Waals surface area contributed by atoms with Crippen molar-refractivity contribution in [3.05, 3.63) is 337 Å². The molecule has 0 aliphatic carbocycles. The van der Waals surface area contributed by atoms with Crippen molar-refractivity contribution in [2.24, 2.45) is 0 Å². The summed E-state index contributed by atoms with van der Waals surface area (Å²) in [5.74, 6) is 0. The number of nitrogens with zero attached hydrogens (tertiary/aromatic N) is 6. The maximum Gasteiger partial charge on any atom is 0.252 e. The van der Waals surface area contributed by atoms with Gasteiger partial charge in [0, 0.05) is 111 Å². The summed E-state index contributed by atoms with van der Waals surface area (Å²) >= 11 is 0.333. The molecule has 0 amide bonds. The molecule has 19 rings (SSSR count). The highest BCUT2D eigenvalue weighted by Crippen LogP contribution is 2.54. The number of thiophene rings is 1. The van der Waals surface area contributed by atoms with E-state index in [1.54, 1.807) is 0 Å². The zero-order valence-electron chi connectivity index (χ0n) is 100. The van der Waals surface area contributed by atoms with Crippen molar-refractivity contribution in [2.45, 2.75) is 13.8 Å². The van der Waals surface area contributed by atoms with Crippen LogP contribution in [0.5, 0.6) is 0 Å². The molecule has 0 N–H and O–H groups in total. The van der Waals surface area contributed by atoms with Crippen LogP contribution in [0.3, 0.4) is 0 Å². The Morgan fingerprint density at radius 3 is 0.905 bits per heavy atom. The smallest absolute Gasteiger partial charge is 0.252 e. The maximum absolute atomic E-state index is 11.6. The van der Waals surface area contributed by atoms with Gasteiger partial charge in [0.2, 0.25) is 0 Å². The monoisotopic (exact) mass is 1280 g/mol. The van der Waals surface area contributed by atoms with Crippen molar-refractivity contribution >= 4 is 180 Å². The Hall–Kier alpha value is -11.8. The second-order valence-electron chi connectivity index (χ2n) is 21.3. The van der Waals surface area contributed by atoms with Gasteiger partial charge in [-0.3, -0.25) is 0 Å². The summed E-state index contributed by atoms with van der Waals surface area (Å²) < 4.78 is 503. The van der Waals surface area contributed by atoms with E-state index in [9.17, 15) is 60.3 Å². The van der Waals surface area contributed by atoms with E-state index >= 15 is 0 Å². The van der Waals surface area contributed by atoms with Crippen molar-refractivity contribution in [3.63, 3.8) is 0 Å². The molecule has 446 valence electrons. The first-order valence-corrected chi connectivity index (χ1v) is 29.4. The number of hydrogen-bond acceptors (Lipinski definition) is 7. The molecule has 0 radical (unpaired) electrons. The molecule has 4 aliphatic heterocycles. The molecule has 5 heterocycles. The van der Waals surface area contributed by atoms with Crippen LogP contribution < -0.4 is 62.2 Å². The lowest BCUT2D eigenvalue weighted by atomic mass is 9.33. The van der Waals surface area contributed by atoms with Crippen LogP contribution in [0.2, 0.25) is 0 Å². The first-order chi connectivity index (χ1) is 68.6. The van der Waals surface area contributed by atoms with Crippen molar-refractivity contribution in [1.82, 2.24) is 0 Å². The molecule has 0 atom stereocenters. The van der Waals surface area contributed by atoms with Crippen LogP contribution in [-0.4, -0.2) is 13.4 Å². The summed E-state index contributed by atoms with van der Waals surface area (Å²) in [6, 6.07) is -59.1. The van der Waals surface area contributed by atoms with E-state index in [2.05, 4.69) is 0 Å². The van der Waals surface area contributed by atoms with E-state index in [1.807, 2.05) is 0 Å². The number of anilines is 18. The lowest BCUT2D eigenvalue weighted by molar-refractivity contribution is 1.19. The molecule has 0 unspecified atom stereocenters. The highest BCUT2D eigenvalue weighted by atomic mass is 32.1. The fourth-order valence-corrected chi connectivity index (χ4v) is 14.1. The summed E-state index contributed by atoms with van der Waals surface area (Å²) in [6.45, 7) is -2.42. The third-order valence-corrected chi connectivity index (χ3v) is 17.6. The van der Waals surface area contributed by atoms with Crippen molar-refractivity contribution in [3.8, 4) is 0 Å². The normalized spacial score (nSPS) is 20.7. The van der Waals surface area contributed by atoms with E-state index in [4.69, 9.17) is 11.0 Å². The Morgan fingerprint density at radius 1 is 0.295 bits per heavy atom. The Labute approximate surface area is 631 Å². The summed E-state index contributed by atoms with van der Waals surface area (Å²) in [7, 11) is 0. The summed E-state index contributed by atoms with van der Waals surface area (Å²) in [4.78, 5) is 3.89. The van der Waals surface area contributed by atoms with Gasteiger partial charge in [0.1, 0.15) is 0 Å². The molecule has 95 heavy (non-hydrogen) atoms. The van der Waals surface area contributed by atoms with Gasteiger partial charge in [-0.25, -0.2) is 0 Å². The van der Waals surface area contributed by atoms with Gasteiger partial charge < -0.3 is 29.4 Å². The quantitative estimate of drug-likeness (QED) is 0.126. The first kappa shape index (κ1) is 24.0. The van der Waals surface area contributed by atoms with E-state index in [0.29, 0.717) is 40.7 Å². The van der Waals surface area contributed by atoms with Crippen molar-refractivity contribution in [2.75, 3.05) is 29.4 Å².